The molecular weight excluding hydrogens is 470 g/mol. The molecule has 0 bridgehead atoms. The smallest absolute Gasteiger partial charge is 0.259 e. The number of ether oxygens (including phenoxy) is 2. The topological polar surface area (TPSA) is 102 Å². The van der Waals surface area contributed by atoms with Crippen molar-refractivity contribution in [2.24, 2.45) is 7.05 Å². The van der Waals surface area contributed by atoms with Gasteiger partial charge in [0.1, 0.15) is 5.75 Å². The molecule has 1 aliphatic heterocycles. The summed E-state index contributed by atoms with van der Waals surface area (Å²) in [7, 11) is 5.25. The van der Waals surface area contributed by atoms with Crippen LogP contribution in [0.5, 0.6) is 17.2 Å². The van der Waals surface area contributed by atoms with E-state index in [1.54, 1.807) is 30.3 Å². The molecule has 0 atom stereocenters. The minimum absolute atomic E-state index is 0.0372. The number of hydrogen-bond donors (Lipinski definition) is 3. The van der Waals surface area contributed by atoms with Crippen LogP contribution in [-0.2, 0) is 7.05 Å². The number of aromatic nitrogens is 1. The van der Waals surface area contributed by atoms with Crippen molar-refractivity contribution < 1.29 is 24.2 Å². The van der Waals surface area contributed by atoms with E-state index >= 15 is 0 Å². The number of aryl methyl sites for hydroxylation is 1. The van der Waals surface area contributed by atoms with E-state index < -0.39 is 11.8 Å². The van der Waals surface area contributed by atoms with Crippen molar-refractivity contribution in [3.05, 3.63) is 52.5 Å². The van der Waals surface area contributed by atoms with Gasteiger partial charge in [-0.25, -0.2) is 0 Å². The van der Waals surface area contributed by atoms with Crippen LogP contribution in [0.4, 0.5) is 0 Å². The van der Waals surface area contributed by atoms with E-state index in [1.165, 1.54) is 7.11 Å². The normalized spacial score (nSPS) is 12.9. The molecule has 180 valence electrons. The maximum atomic E-state index is 13.0. The number of carbonyl (C=O) groups is 2. The van der Waals surface area contributed by atoms with Crippen molar-refractivity contribution in [1.29, 1.82) is 0 Å². The zero-order chi connectivity index (χ0) is 24.9. The largest absolute Gasteiger partial charge is 0.504 e. The van der Waals surface area contributed by atoms with Crippen LogP contribution in [0.3, 0.4) is 0 Å². The molecule has 35 heavy (non-hydrogen) atoms. The van der Waals surface area contributed by atoms with Crippen molar-refractivity contribution in [2.45, 2.75) is 6.42 Å². The molecule has 4 aromatic rings. The molecule has 5 rings (SSSR count). The summed E-state index contributed by atoms with van der Waals surface area (Å²) < 4.78 is 13.2. The van der Waals surface area contributed by atoms with Crippen LogP contribution < -0.4 is 20.1 Å². The first-order valence-electron chi connectivity index (χ1n) is 11.2. The summed E-state index contributed by atoms with van der Waals surface area (Å²) in [6.45, 7) is 1.23. The number of phenolic OH excluding ortho intramolecular Hbond substituents is 1. The number of carbonyl (C=O) groups excluding carboxylic acids is 2. The molecule has 0 saturated heterocycles. The van der Waals surface area contributed by atoms with Gasteiger partial charge in [0.25, 0.3) is 11.8 Å². The Bertz CT molecular complexity index is 1530. The highest BCUT2D eigenvalue weighted by Gasteiger charge is 2.35. The van der Waals surface area contributed by atoms with Gasteiger partial charge in [-0.1, -0.05) is 17.7 Å². The second-order valence-electron chi connectivity index (χ2n) is 8.37. The van der Waals surface area contributed by atoms with Gasteiger partial charge < -0.3 is 24.5 Å². The molecular formula is C26H24ClN3O5. The first-order valence-corrected chi connectivity index (χ1v) is 11.5. The van der Waals surface area contributed by atoms with Crippen molar-refractivity contribution in [1.82, 2.24) is 15.2 Å². The first kappa shape index (κ1) is 23.0. The van der Waals surface area contributed by atoms with Gasteiger partial charge in [0.05, 0.1) is 40.9 Å². The van der Waals surface area contributed by atoms with Crippen LogP contribution in [0.15, 0.2) is 36.4 Å². The van der Waals surface area contributed by atoms with Gasteiger partial charge in [-0.2, -0.15) is 0 Å². The van der Waals surface area contributed by atoms with Gasteiger partial charge in [-0.15, -0.1) is 0 Å². The molecule has 0 saturated carbocycles. The van der Waals surface area contributed by atoms with Gasteiger partial charge in [0, 0.05) is 35.0 Å². The van der Waals surface area contributed by atoms with Crippen molar-refractivity contribution in [3.63, 3.8) is 0 Å². The Morgan fingerprint density at radius 3 is 2.57 bits per heavy atom. The monoisotopic (exact) mass is 493 g/mol. The van der Waals surface area contributed by atoms with Crippen LogP contribution in [0, 0.1) is 0 Å². The quantitative estimate of drug-likeness (QED) is 0.263. The summed E-state index contributed by atoms with van der Waals surface area (Å²) in [6.07, 6.45) is 0.780. The van der Waals surface area contributed by atoms with Gasteiger partial charge in [0.2, 0.25) is 0 Å². The molecule has 0 aliphatic carbocycles. The number of phenols is 1. The second-order valence-corrected chi connectivity index (χ2v) is 8.78. The standard InChI is InChI=1S/C26H24ClN3O5/c1-28-8-5-9-35-20-12-16-13(11-18(20)31)22-17(30(16)2)10-14(23-24(22)26(33)29-25(23)32)21-15(27)6-4-7-19(21)34-3/h4,6-7,10-12,28,31H,5,8-9H2,1-3H3,(H,29,32,33). The lowest BCUT2D eigenvalue weighted by Gasteiger charge is -2.14. The number of halogens is 1. The van der Waals surface area contributed by atoms with E-state index in [9.17, 15) is 14.7 Å². The van der Waals surface area contributed by atoms with Crippen LogP contribution in [0.2, 0.25) is 5.02 Å². The molecule has 9 heteroatoms. The zero-order valence-corrected chi connectivity index (χ0v) is 20.2. The molecule has 0 spiro atoms. The predicted molar refractivity (Wildman–Crippen MR) is 135 cm³/mol. The summed E-state index contributed by atoms with van der Waals surface area (Å²) in [5, 5.41) is 17.8. The number of imide groups is 1. The van der Waals surface area contributed by atoms with E-state index in [0.29, 0.717) is 50.5 Å². The summed E-state index contributed by atoms with van der Waals surface area (Å²) in [5.41, 5.74) is 2.95. The third kappa shape index (κ3) is 3.57. The average molecular weight is 494 g/mol. The molecule has 1 aromatic heterocycles. The Morgan fingerprint density at radius 1 is 1.06 bits per heavy atom. The lowest BCUT2D eigenvalue weighted by atomic mass is 9.92. The lowest BCUT2D eigenvalue weighted by molar-refractivity contribution is 0.0880. The number of methoxy groups -OCH3 is 1. The van der Waals surface area contributed by atoms with Crippen LogP contribution >= 0.6 is 11.6 Å². The Hall–Kier alpha value is -3.75. The third-order valence-electron chi connectivity index (χ3n) is 6.35. The first-order chi connectivity index (χ1) is 16.9. The van der Waals surface area contributed by atoms with E-state index in [0.717, 1.165) is 18.5 Å². The number of hydrogen-bond acceptors (Lipinski definition) is 6. The van der Waals surface area contributed by atoms with Gasteiger partial charge in [-0.3, -0.25) is 14.9 Å². The number of nitrogens with zero attached hydrogens (tertiary/aromatic N) is 1. The fraction of sp³-hybridized carbons (Fsp3) is 0.231. The number of rotatable bonds is 7. The van der Waals surface area contributed by atoms with Crippen molar-refractivity contribution in [3.8, 4) is 28.4 Å². The van der Waals surface area contributed by atoms with E-state index in [4.69, 9.17) is 21.1 Å². The fourth-order valence-electron chi connectivity index (χ4n) is 4.74. The van der Waals surface area contributed by atoms with E-state index in [1.807, 2.05) is 24.7 Å². The third-order valence-corrected chi connectivity index (χ3v) is 6.67. The molecule has 0 fully saturated rings. The molecule has 2 heterocycles. The lowest BCUT2D eigenvalue weighted by Crippen LogP contribution is -2.20. The Balaban J connectivity index is 1.81. The Kier molecular flexibility index (Phi) is 5.78. The number of fused-ring (bicyclic) bond motifs is 5. The molecule has 3 N–H and O–H groups in total. The van der Waals surface area contributed by atoms with Crippen molar-refractivity contribution in [2.75, 3.05) is 27.3 Å². The Labute approximate surface area is 206 Å². The summed E-state index contributed by atoms with van der Waals surface area (Å²) >= 11 is 6.55. The number of nitrogens with one attached hydrogen (secondary N) is 2. The molecule has 2 amide bonds. The molecule has 3 aromatic carbocycles. The zero-order valence-electron chi connectivity index (χ0n) is 19.5. The SMILES string of the molecule is CNCCCOc1cc2c(cc1O)c1c3c(c(-c4c(Cl)cccc4OC)cc1n2C)C(=O)NC3=O. The highest BCUT2D eigenvalue weighted by molar-refractivity contribution is 6.36. The Morgan fingerprint density at radius 2 is 1.83 bits per heavy atom. The molecule has 1 aliphatic rings. The minimum Gasteiger partial charge on any atom is -0.504 e. The van der Waals surface area contributed by atoms with E-state index in [2.05, 4.69) is 10.6 Å². The van der Waals surface area contributed by atoms with E-state index in [-0.39, 0.29) is 16.9 Å². The fourth-order valence-corrected chi connectivity index (χ4v) is 5.01. The summed E-state index contributed by atoms with van der Waals surface area (Å²) in [6, 6.07) is 10.4. The predicted octanol–water partition coefficient (Wildman–Crippen LogP) is 4.24. The molecule has 0 radical (unpaired) electrons. The average Bonchev–Trinajstić information content (AvgIpc) is 3.28. The number of aromatic hydroxyl groups is 1. The summed E-state index contributed by atoms with van der Waals surface area (Å²) in [4.78, 5) is 26.0. The molecule has 8 nitrogen and oxygen atoms in total. The van der Waals surface area contributed by atoms with Gasteiger partial charge in [-0.05, 0) is 44.3 Å². The van der Waals surface area contributed by atoms with Crippen LogP contribution in [0.1, 0.15) is 27.1 Å². The van der Waals surface area contributed by atoms with Crippen LogP contribution in [0.25, 0.3) is 32.9 Å². The second kappa shape index (κ2) is 8.79. The highest BCUT2D eigenvalue weighted by atomic mass is 35.5. The van der Waals surface area contributed by atoms with Gasteiger partial charge in [0.15, 0.2) is 11.5 Å². The maximum Gasteiger partial charge on any atom is 0.259 e. The number of benzene rings is 3. The maximum absolute atomic E-state index is 13.0. The number of amides is 2. The minimum atomic E-state index is -0.505. The van der Waals surface area contributed by atoms with Crippen LogP contribution in [-0.4, -0.2) is 48.8 Å². The van der Waals surface area contributed by atoms with Crippen molar-refractivity contribution >= 4 is 45.2 Å². The van der Waals surface area contributed by atoms with Gasteiger partial charge >= 0.3 is 0 Å². The summed E-state index contributed by atoms with van der Waals surface area (Å²) in [5.74, 6) is -0.203. The highest BCUT2D eigenvalue weighted by Crippen LogP contribution is 2.46. The molecule has 0 unspecified atom stereocenters.